The molecule has 0 aromatic heterocycles. The van der Waals surface area contributed by atoms with Gasteiger partial charge in [0.25, 0.3) is 5.91 Å². The van der Waals surface area contributed by atoms with Crippen molar-refractivity contribution >= 4 is 27.5 Å². The molecule has 0 spiro atoms. The summed E-state index contributed by atoms with van der Waals surface area (Å²) in [5.74, 6) is 0.523. The average Bonchev–Trinajstić information content (AvgIpc) is 3.53. The Morgan fingerprint density at radius 2 is 1.65 bits per heavy atom. The SMILES string of the molecule is C=C(CN(C)C)C(=O)N1CC(S(=O)(=O)c2ccc(N3CC(CN4CCC([C@@](CN5CCC5)(c5cccc(F)c5)[C@H]5CCC[C@@H]5NC(=O)O)CC4)C3)cc2)C1. The molecule has 13 heteroatoms. The number of amides is 2. The molecule has 1 aliphatic carbocycles. The Hall–Kier alpha value is -3.52. The molecule has 0 radical (unpaired) electrons. The van der Waals surface area contributed by atoms with Crippen LogP contribution in [0.25, 0.3) is 0 Å². The third kappa shape index (κ3) is 7.92. The number of piperidine rings is 1. The second-order valence-corrected chi connectivity index (χ2v) is 19.1. The third-order valence-electron chi connectivity index (χ3n) is 13.0. The van der Waals surface area contributed by atoms with Gasteiger partial charge >= 0.3 is 6.09 Å². The number of nitrogens with zero attached hydrogens (tertiary/aromatic N) is 5. The smallest absolute Gasteiger partial charge is 0.404 e. The van der Waals surface area contributed by atoms with Gasteiger partial charge in [-0.05, 0) is 126 Å². The first-order chi connectivity index (χ1) is 25.8. The summed E-state index contributed by atoms with van der Waals surface area (Å²) in [6, 6.07) is 14.2. The number of anilines is 1. The summed E-state index contributed by atoms with van der Waals surface area (Å²) < 4.78 is 41.6. The van der Waals surface area contributed by atoms with E-state index in [-0.39, 0.29) is 42.2 Å². The minimum absolute atomic E-state index is 0.111. The van der Waals surface area contributed by atoms with E-state index in [1.165, 1.54) is 6.07 Å². The van der Waals surface area contributed by atoms with E-state index in [4.69, 9.17) is 0 Å². The van der Waals surface area contributed by atoms with Gasteiger partial charge in [-0.2, -0.15) is 0 Å². The Labute approximate surface area is 320 Å². The highest BCUT2D eigenvalue weighted by Crippen LogP contribution is 2.51. The fourth-order valence-electron chi connectivity index (χ4n) is 10.1. The van der Waals surface area contributed by atoms with Crippen molar-refractivity contribution in [2.75, 3.05) is 91.0 Å². The van der Waals surface area contributed by atoms with Crippen LogP contribution in [0.1, 0.15) is 44.1 Å². The highest BCUT2D eigenvalue weighted by Gasteiger charge is 2.53. The molecule has 4 aliphatic heterocycles. The van der Waals surface area contributed by atoms with E-state index in [1.807, 2.05) is 37.2 Å². The van der Waals surface area contributed by atoms with Crippen LogP contribution in [-0.4, -0.2) is 143 Å². The Bertz CT molecular complexity index is 1780. The van der Waals surface area contributed by atoms with Crippen molar-refractivity contribution in [2.24, 2.45) is 17.8 Å². The molecule has 294 valence electrons. The van der Waals surface area contributed by atoms with E-state index in [2.05, 4.69) is 32.7 Å². The standard InChI is InChI=1S/C41H57FN6O5S/c1-29(22-44(2)3)39(49)48-26-36(27-48)54(52,53)35-13-11-34(12-14-35)47-24-30(25-47)23-45-19-15-31(16-20-45)41(28-46-17-6-18-46,32-7-4-8-33(42)21-32)37-9-5-10-38(37)43-40(50)51/h4,7-8,11-14,21,30-31,36-38,43H,1,5-6,9-10,15-20,22-28H2,2-3H3,(H,50,51)/t37-,38-,41-/m0/s1. The van der Waals surface area contributed by atoms with Gasteiger partial charge in [-0.3, -0.25) is 4.79 Å². The van der Waals surface area contributed by atoms with E-state index in [1.54, 1.807) is 23.1 Å². The lowest BCUT2D eigenvalue weighted by molar-refractivity contribution is -0.130. The Kier molecular flexibility index (Phi) is 11.4. The Balaban J connectivity index is 0.945. The van der Waals surface area contributed by atoms with Gasteiger partial charge in [0.2, 0.25) is 0 Å². The van der Waals surface area contributed by atoms with Gasteiger partial charge in [-0.1, -0.05) is 25.1 Å². The predicted octanol–water partition coefficient (Wildman–Crippen LogP) is 4.16. The lowest BCUT2D eigenvalue weighted by Gasteiger charge is -2.54. The van der Waals surface area contributed by atoms with Crippen molar-refractivity contribution in [3.63, 3.8) is 0 Å². The maximum atomic E-state index is 14.9. The van der Waals surface area contributed by atoms with Crippen LogP contribution in [0.5, 0.6) is 0 Å². The first kappa shape index (κ1) is 38.7. The Morgan fingerprint density at radius 1 is 0.944 bits per heavy atom. The summed E-state index contributed by atoms with van der Waals surface area (Å²) >= 11 is 0. The number of rotatable bonds is 14. The number of likely N-dealkylation sites (N-methyl/N-ethyl adjacent to an activating group) is 1. The minimum Gasteiger partial charge on any atom is -0.465 e. The van der Waals surface area contributed by atoms with Crippen LogP contribution >= 0.6 is 0 Å². The van der Waals surface area contributed by atoms with Gasteiger partial charge in [0, 0.05) is 74.4 Å². The highest BCUT2D eigenvalue weighted by atomic mass is 32.2. The topological polar surface area (TPSA) is 117 Å². The quantitative estimate of drug-likeness (QED) is 0.274. The van der Waals surface area contributed by atoms with E-state index < -0.39 is 21.2 Å². The molecule has 7 rings (SSSR count). The molecule has 2 amide bonds. The number of hydrogen-bond donors (Lipinski definition) is 2. The van der Waals surface area contributed by atoms with Crippen LogP contribution in [0.15, 0.2) is 65.6 Å². The van der Waals surface area contributed by atoms with Crippen molar-refractivity contribution in [2.45, 2.75) is 60.1 Å². The maximum Gasteiger partial charge on any atom is 0.404 e. The number of benzene rings is 2. The number of likely N-dealkylation sites (tertiary alicyclic amines) is 3. The molecule has 0 unspecified atom stereocenters. The van der Waals surface area contributed by atoms with Crippen LogP contribution in [0.4, 0.5) is 14.9 Å². The molecule has 3 atom stereocenters. The second-order valence-electron chi connectivity index (χ2n) is 16.8. The fourth-order valence-corrected chi connectivity index (χ4v) is 11.7. The zero-order valence-electron chi connectivity index (χ0n) is 31.8. The number of carboxylic acid groups (broad SMARTS) is 1. The molecule has 2 aromatic carbocycles. The number of hydrogen-bond acceptors (Lipinski definition) is 8. The summed E-state index contributed by atoms with van der Waals surface area (Å²) in [5, 5.41) is 12.0. The highest BCUT2D eigenvalue weighted by molar-refractivity contribution is 7.92. The summed E-state index contributed by atoms with van der Waals surface area (Å²) in [5.41, 5.74) is 2.17. The number of halogens is 1. The van der Waals surface area contributed by atoms with Gasteiger partial charge in [-0.25, -0.2) is 17.6 Å². The number of sulfone groups is 1. The normalized spacial score (nSPS) is 24.4. The van der Waals surface area contributed by atoms with Crippen LogP contribution in [0, 0.1) is 23.6 Å². The van der Waals surface area contributed by atoms with Crippen LogP contribution in [-0.2, 0) is 20.0 Å². The first-order valence-electron chi connectivity index (χ1n) is 19.7. The van der Waals surface area contributed by atoms with Crippen LogP contribution in [0.2, 0.25) is 0 Å². The molecule has 2 aromatic rings. The van der Waals surface area contributed by atoms with Gasteiger partial charge in [0.15, 0.2) is 9.84 Å². The van der Waals surface area contributed by atoms with E-state index >= 15 is 0 Å². The number of carbonyl (C=O) groups is 2. The van der Waals surface area contributed by atoms with Crippen LogP contribution < -0.4 is 10.2 Å². The van der Waals surface area contributed by atoms with Crippen molar-refractivity contribution < 1.29 is 27.5 Å². The van der Waals surface area contributed by atoms with Gasteiger partial charge < -0.3 is 34.9 Å². The van der Waals surface area contributed by atoms with E-state index in [9.17, 15) is 27.5 Å². The van der Waals surface area contributed by atoms with Gasteiger partial charge in [0.1, 0.15) is 11.1 Å². The molecule has 4 heterocycles. The molecule has 11 nitrogen and oxygen atoms in total. The molecule has 0 bridgehead atoms. The van der Waals surface area contributed by atoms with Crippen molar-refractivity contribution in [1.29, 1.82) is 0 Å². The molecule has 4 saturated heterocycles. The van der Waals surface area contributed by atoms with Gasteiger partial charge in [-0.15, -0.1) is 0 Å². The van der Waals surface area contributed by atoms with Gasteiger partial charge in [0.05, 0.1) is 4.90 Å². The van der Waals surface area contributed by atoms with Crippen molar-refractivity contribution in [3.05, 3.63) is 72.1 Å². The first-order valence-corrected chi connectivity index (χ1v) is 21.3. The van der Waals surface area contributed by atoms with E-state index in [0.29, 0.717) is 28.8 Å². The van der Waals surface area contributed by atoms with Crippen molar-refractivity contribution in [3.8, 4) is 0 Å². The summed E-state index contributed by atoms with van der Waals surface area (Å²) in [6.07, 6.45) is 4.89. The summed E-state index contributed by atoms with van der Waals surface area (Å²) in [7, 11) is 0.188. The lowest BCUT2D eigenvalue weighted by Crippen LogP contribution is -2.60. The van der Waals surface area contributed by atoms with E-state index in [0.717, 1.165) is 102 Å². The number of carbonyl (C=O) groups excluding carboxylic acids is 1. The molecular weight excluding hydrogens is 708 g/mol. The van der Waals surface area contributed by atoms with Crippen LogP contribution in [0.3, 0.4) is 0 Å². The maximum absolute atomic E-state index is 14.9. The molecule has 5 aliphatic rings. The zero-order chi connectivity index (χ0) is 38.2. The fraction of sp³-hybridized carbons (Fsp3) is 0.610. The molecule has 1 saturated carbocycles. The molecule has 2 N–H and O–H groups in total. The zero-order valence-corrected chi connectivity index (χ0v) is 32.7. The minimum atomic E-state index is -3.54. The third-order valence-corrected chi connectivity index (χ3v) is 15.1. The molecule has 54 heavy (non-hydrogen) atoms. The summed E-state index contributed by atoms with van der Waals surface area (Å²) in [6.45, 7) is 12.3. The molecule has 5 fully saturated rings. The molecular formula is C41H57FN6O5S. The summed E-state index contributed by atoms with van der Waals surface area (Å²) in [4.78, 5) is 35.6. The predicted molar refractivity (Wildman–Crippen MR) is 208 cm³/mol. The monoisotopic (exact) mass is 764 g/mol. The Morgan fingerprint density at radius 3 is 2.26 bits per heavy atom. The largest absolute Gasteiger partial charge is 0.465 e. The average molecular weight is 765 g/mol. The van der Waals surface area contributed by atoms with Crippen molar-refractivity contribution in [1.82, 2.24) is 24.9 Å². The second kappa shape index (κ2) is 15.9. The number of nitrogens with one attached hydrogen (secondary N) is 1. The lowest BCUT2D eigenvalue weighted by atomic mass is 9.57.